The summed E-state index contributed by atoms with van der Waals surface area (Å²) < 4.78 is 75.8. The molecule has 3 aromatic carbocycles. The molecule has 3 heterocycles. The highest BCUT2D eigenvalue weighted by molar-refractivity contribution is 7.90. The van der Waals surface area contributed by atoms with Crippen molar-refractivity contribution in [2.75, 3.05) is 6.54 Å². The van der Waals surface area contributed by atoms with Crippen LogP contribution in [0.15, 0.2) is 94.7 Å². The van der Waals surface area contributed by atoms with Crippen molar-refractivity contribution in [3.63, 3.8) is 0 Å². The molecule has 1 aliphatic heterocycles. The highest BCUT2D eigenvalue weighted by atomic mass is 32.2. The molecular formula is C35H32F3N3O5S. The van der Waals surface area contributed by atoms with Crippen molar-refractivity contribution in [3.05, 3.63) is 118 Å². The van der Waals surface area contributed by atoms with Gasteiger partial charge in [-0.2, -0.15) is 13.2 Å². The van der Waals surface area contributed by atoms with Crippen molar-refractivity contribution >= 4 is 27.0 Å². The van der Waals surface area contributed by atoms with Crippen LogP contribution in [-0.2, 0) is 33.9 Å². The van der Waals surface area contributed by atoms with Crippen LogP contribution in [0.2, 0.25) is 0 Å². The summed E-state index contributed by atoms with van der Waals surface area (Å²) in [5.74, 6) is 0. The Labute approximate surface area is 269 Å². The van der Waals surface area contributed by atoms with Crippen LogP contribution in [0, 0.1) is 6.92 Å². The minimum Gasteiger partial charge on any atom is -0.444 e. The lowest BCUT2D eigenvalue weighted by molar-refractivity contribution is -0.137. The molecule has 8 nitrogen and oxygen atoms in total. The molecule has 0 aliphatic carbocycles. The van der Waals surface area contributed by atoms with Crippen molar-refractivity contribution < 1.29 is 31.1 Å². The van der Waals surface area contributed by atoms with Gasteiger partial charge < -0.3 is 9.64 Å². The summed E-state index contributed by atoms with van der Waals surface area (Å²) in [7, 11) is -4.16. The maximum absolute atomic E-state index is 14.3. The first kappa shape index (κ1) is 32.1. The van der Waals surface area contributed by atoms with E-state index in [0.29, 0.717) is 46.4 Å². The molecule has 2 aromatic heterocycles. The van der Waals surface area contributed by atoms with E-state index in [-0.39, 0.29) is 11.4 Å². The molecule has 0 bridgehead atoms. The van der Waals surface area contributed by atoms with E-state index in [0.717, 1.165) is 23.3 Å². The number of hydrogen-bond donors (Lipinski definition) is 0. The number of nitrogens with zero attached hydrogens (tertiary/aromatic N) is 3. The number of aromatic nitrogens is 2. The van der Waals surface area contributed by atoms with E-state index >= 15 is 0 Å². The normalized spacial score (nSPS) is 13.9. The standard InChI is InChI=1S/C35H32F3N3O5S/c1-22-5-12-27(13-6-22)47(44,45)41-30-20-26(11-14-28(30)29-16-17-39(21-31(29)41)33(43)46-34(2,3)4)40-18-15-24(19-32(40)42)23-7-9-25(10-8-23)35(36,37)38/h5-15,18-20H,16-17,21H2,1-4H3. The first-order valence-electron chi connectivity index (χ1n) is 14.9. The Balaban J connectivity index is 1.46. The summed E-state index contributed by atoms with van der Waals surface area (Å²) in [6.07, 6.45) is -3.13. The molecule has 6 rings (SSSR count). The maximum Gasteiger partial charge on any atom is 0.416 e. The van der Waals surface area contributed by atoms with Crippen molar-refractivity contribution in [3.8, 4) is 16.8 Å². The Morgan fingerprint density at radius 2 is 1.55 bits per heavy atom. The lowest BCUT2D eigenvalue weighted by Crippen LogP contribution is -2.40. The number of carbonyl (C=O) groups is 1. The number of alkyl halides is 3. The Bertz CT molecular complexity index is 2180. The molecule has 0 atom stereocenters. The minimum absolute atomic E-state index is 0.00112. The predicted molar refractivity (Wildman–Crippen MR) is 172 cm³/mol. The van der Waals surface area contributed by atoms with Crippen molar-refractivity contribution in [2.24, 2.45) is 0 Å². The largest absolute Gasteiger partial charge is 0.444 e. The third-order valence-corrected chi connectivity index (χ3v) is 9.81. The number of ether oxygens (including phenoxy) is 1. The van der Waals surface area contributed by atoms with Gasteiger partial charge in [0.2, 0.25) is 0 Å². The minimum atomic E-state index is -4.47. The van der Waals surface area contributed by atoms with Crippen molar-refractivity contribution in [1.82, 2.24) is 13.4 Å². The predicted octanol–water partition coefficient (Wildman–Crippen LogP) is 7.32. The van der Waals surface area contributed by atoms with E-state index < -0.39 is 39.0 Å². The third kappa shape index (κ3) is 6.17. The van der Waals surface area contributed by atoms with Gasteiger partial charge in [0.05, 0.1) is 33.9 Å². The van der Waals surface area contributed by atoms with Gasteiger partial charge in [0.15, 0.2) is 0 Å². The van der Waals surface area contributed by atoms with E-state index in [1.165, 1.54) is 50.0 Å². The third-order valence-electron chi connectivity index (χ3n) is 8.05. The molecule has 1 amide bonds. The Hall–Kier alpha value is -4.84. The number of carbonyl (C=O) groups excluding carboxylic acids is 1. The van der Waals surface area contributed by atoms with Crippen LogP contribution < -0.4 is 5.56 Å². The van der Waals surface area contributed by atoms with Crippen LogP contribution in [-0.4, -0.2) is 40.1 Å². The van der Waals surface area contributed by atoms with Crippen LogP contribution in [0.5, 0.6) is 0 Å². The number of halogens is 3. The fourth-order valence-corrected chi connectivity index (χ4v) is 7.32. The topological polar surface area (TPSA) is 90.6 Å². The number of amides is 1. The average molecular weight is 664 g/mol. The molecule has 0 fully saturated rings. The SMILES string of the molecule is Cc1ccc(S(=O)(=O)n2c3c(c4ccc(-n5ccc(-c6ccc(C(F)(F)F)cc6)cc5=O)cc42)CCN(C(=O)OC(C)(C)C)C3)cc1. The van der Waals surface area contributed by atoms with Gasteiger partial charge in [-0.25, -0.2) is 17.2 Å². The van der Waals surface area contributed by atoms with E-state index in [1.54, 1.807) is 57.2 Å². The molecule has 1 aliphatic rings. The van der Waals surface area contributed by atoms with Crippen molar-refractivity contribution in [2.45, 2.75) is 57.3 Å². The molecule has 12 heteroatoms. The molecule has 0 unspecified atom stereocenters. The molecule has 244 valence electrons. The highest BCUT2D eigenvalue weighted by Crippen LogP contribution is 2.36. The zero-order chi connectivity index (χ0) is 33.9. The lowest BCUT2D eigenvalue weighted by Gasteiger charge is -2.30. The van der Waals surface area contributed by atoms with Gasteiger partial charge in [0.1, 0.15) is 5.60 Å². The zero-order valence-electron chi connectivity index (χ0n) is 26.1. The average Bonchev–Trinajstić information content (AvgIpc) is 3.33. The first-order valence-corrected chi connectivity index (χ1v) is 16.3. The second kappa shape index (κ2) is 11.4. The van der Waals surface area contributed by atoms with Crippen molar-refractivity contribution in [1.29, 1.82) is 0 Å². The quantitative estimate of drug-likeness (QED) is 0.201. The number of hydrogen-bond acceptors (Lipinski definition) is 5. The van der Waals surface area contributed by atoms with Crippen LogP contribution in [0.1, 0.15) is 43.2 Å². The van der Waals surface area contributed by atoms with Crippen LogP contribution in [0.3, 0.4) is 0 Å². The number of pyridine rings is 1. The number of fused-ring (bicyclic) bond motifs is 3. The van der Waals surface area contributed by atoms with Gasteiger partial charge >= 0.3 is 12.3 Å². The van der Waals surface area contributed by atoms with Crippen LogP contribution >= 0.6 is 0 Å². The maximum atomic E-state index is 14.3. The van der Waals surface area contributed by atoms with Gasteiger partial charge in [0.25, 0.3) is 15.6 Å². The summed E-state index contributed by atoms with van der Waals surface area (Å²) in [4.78, 5) is 27.9. The summed E-state index contributed by atoms with van der Waals surface area (Å²) >= 11 is 0. The van der Waals surface area contributed by atoms with Gasteiger partial charge in [-0.05, 0) is 93.3 Å². The second-order valence-corrected chi connectivity index (χ2v) is 14.3. The first-order chi connectivity index (χ1) is 22.0. The summed E-state index contributed by atoms with van der Waals surface area (Å²) in [6.45, 7) is 7.48. The van der Waals surface area contributed by atoms with Gasteiger partial charge in [-0.1, -0.05) is 35.9 Å². The van der Waals surface area contributed by atoms with Gasteiger partial charge in [0, 0.05) is 24.2 Å². The molecule has 0 saturated heterocycles. The fraction of sp³-hybridized carbons (Fsp3) is 0.257. The van der Waals surface area contributed by atoms with E-state index in [2.05, 4.69) is 0 Å². The van der Waals surface area contributed by atoms with Gasteiger partial charge in [-0.15, -0.1) is 0 Å². The van der Waals surface area contributed by atoms with E-state index in [1.807, 2.05) is 6.92 Å². The van der Waals surface area contributed by atoms with E-state index in [4.69, 9.17) is 4.74 Å². The molecule has 5 aromatic rings. The molecule has 0 saturated carbocycles. The smallest absolute Gasteiger partial charge is 0.416 e. The van der Waals surface area contributed by atoms with E-state index in [9.17, 15) is 31.2 Å². The Kier molecular flexibility index (Phi) is 7.82. The molecule has 0 radical (unpaired) electrons. The van der Waals surface area contributed by atoms with Crippen LogP contribution in [0.4, 0.5) is 18.0 Å². The Morgan fingerprint density at radius 3 is 2.17 bits per heavy atom. The summed E-state index contributed by atoms with van der Waals surface area (Å²) in [6, 6.07) is 19.1. The summed E-state index contributed by atoms with van der Waals surface area (Å²) in [5.41, 5.74) is 1.74. The highest BCUT2D eigenvalue weighted by Gasteiger charge is 2.34. The molecule has 0 N–H and O–H groups in total. The number of aryl methyl sites for hydroxylation is 1. The number of rotatable bonds is 4. The number of benzene rings is 3. The molecule has 47 heavy (non-hydrogen) atoms. The summed E-state index contributed by atoms with van der Waals surface area (Å²) in [5, 5.41) is 0.678. The zero-order valence-corrected chi connectivity index (χ0v) is 26.9. The second-order valence-electron chi connectivity index (χ2n) is 12.6. The lowest BCUT2D eigenvalue weighted by atomic mass is 10.0. The van der Waals surface area contributed by atoms with Gasteiger partial charge in [-0.3, -0.25) is 9.36 Å². The van der Waals surface area contributed by atoms with Crippen LogP contribution in [0.25, 0.3) is 27.7 Å². The molecular weight excluding hydrogens is 631 g/mol. The monoisotopic (exact) mass is 663 g/mol. The fourth-order valence-electron chi connectivity index (χ4n) is 5.76. The molecule has 0 spiro atoms. The Morgan fingerprint density at radius 1 is 0.872 bits per heavy atom.